The van der Waals surface area contributed by atoms with Crippen molar-refractivity contribution in [3.05, 3.63) is 78.9 Å². The number of hydrogen-bond donors (Lipinski definition) is 1. The van der Waals surface area contributed by atoms with Crippen LogP contribution in [0.1, 0.15) is 31.8 Å². The summed E-state index contributed by atoms with van der Waals surface area (Å²) in [7, 11) is 0. The Labute approximate surface area is 183 Å². The average molecular weight is 469 g/mol. The quantitative estimate of drug-likeness (QED) is 0.233. The van der Waals surface area contributed by atoms with Crippen LogP contribution in [0.2, 0.25) is 0 Å². The molecule has 0 unspecified atom stereocenters. The van der Waals surface area contributed by atoms with Crippen LogP contribution in [0, 0.1) is 20.2 Å². The van der Waals surface area contributed by atoms with Crippen LogP contribution in [-0.2, 0) is 32.3 Å². The fourth-order valence-electron chi connectivity index (χ4n) is 2.22. The van der Waals surface area contributed by atoms with Gasteiger partial charge in [-0.2, -0.15) is 0 Å². The minimum absolute atomic E-state index is 0.0136. The first-order valence-electron chi connectivity index (χ1n) is 8.19. The monoisotopic (exact) mass is 468 g/mol. The fourth-order valence-corrected chi connectivity index (χ4v) is 2.33. The van der Waals surface area contributed by atoms with E-state index in [9.17, 15) is 39.4 Å². The van der Waals surface area contributed by atoms with Crippen LogP contribution in [0.3, 0.4) is 0 Å². The predicted octanol–water partition coefficient (Wildman–Crippen LogP) is 2.61. The number of carboxylic acids is 1. The van der Waals surface area contributed by atoms with Gasteiger partial charge in [-0.3, -0.25) is 34.6 Å². The summed E-state index contributed by atoms with van der Waals surface area (Å²) in [6, 6.07) is 6.87. The zero-order valence-electron chi connectivity index (χ0n) is 15.8. The molecule has 0 saturated carbocycles. The van der Waals surface area contributed by atoms with E-state index in [4.69, 9.17) is 16.7 Å². The summed E-state index contributed by atoms with van der Waals surface area (Å²) < 4.78 is 8.82. The number of carbonyl (C=O) groups excluding carboxylic acids is 3. The van der Waals surface area contributed by atoms with Gasteiger partial charge in [-0.25, -0.2) is 4.79 Å². The Hall–Kier alpha value is -4.39. The maximum Gasteiger partial charge on any atom is 0.335 e. The number of benzene rings is 2. The number of aromatic carboxylic acids is 1. The van der Waals surface area contributed by atoms with E-state index in [1.165, 1.54) is 18.2 Å². The number of halogens is 1. The fraction of sp³-hybridized carbons (Fsp3) is 0.111. The molecule has 0 atom stereocenters. The van der Waals surface area contributed by atoms with Crippen LogP contribution in [-0.4, -0.2) is 39.1 Å². The van der Waals surface area contributed by atoms with Crippen molar-refractivity contribution in [1.29, 1.82) is 0 Å². The average Bonchev–Trinajstić information content (AvgIpc) is 2.76. The molecule has 2 aromatic carbocycles. The molecule has 0 saturated heterocycles. The molecule has 168 valence electrons. The molecule has 1 N–H and O–H groups in total. The van der Waals surface area contributed by atoms with E-state index >= 15 is 0 Å². The van der Waals surface area contributed by atoms with Gasteiger partial charge in [0.05, 0.1) is 15.4 Å². The standard InChI is InChI=1S/C9H6ClNO5.C9H7NO6/c10-9(13)7-1-6(4-16-5-12)2-8(3-7)11(14)15;11-5-16-4-6-1-7(9(12)13)3-8(2-6)10(14)15/h1-3,5H,4H2;1-3,5H,4H2,(H,12,13). The van der Waals surface area contributed by atoms with Crippen molar-refractivity contribution in [2.45, 2.75) is 13.2 Å². The van der Waals surface area contributed by atoms with E-state index in [0.717, 1.165) is 18.2 Å². The van der Waals surface area contributed by atoms with Gasteiger partial charge < -0.3 is 14.6 Å². The lowest BCUT2D eigenvalue weighted by molar-refractivity contribution is -0.385. The maximum atomic E-state index is 10.9. The Morgan fingerprint density at radius 2 is 1.25 bits per heavy atom. The molecule has 0 aliphatic heterocycles. The lowest BCUT2D eigenvalue weighted by Gasteiger charge is -2.01. The van der Waals surface area contributed by atoms with Crippen molar-refractivity contribution in [3.63, 3.8) is 0 Å². The molecule has 0 radical (unpaired) electrons. The lowest BCUT2D eigenvalue weighted by Crippen LogP contribution is -2.01. The van der Waals surface area contributed by atoms with Crippen molar-refractivity contribution in [2.24, 2.45) is 0 Å². The third-order valence-corrected chi connectivity index (χ3v) is 3.70. The van der Waals surface area contributed by atoms with Gasteiger partial charge in [0.25, 0.3) is 29.6 Å². The topological polar surface area (TPSA) is 193 Å². The van der Waals surface area contributed by atoms with Gasteiger partial charge in [-0.1, -0.05) is 0 Å². The molecule has 0 amide bonds. The van der Waals surface area contributed by atoms with Crippen molar-refractivity contribution in [1.82, 2.24) is 0 Å². The molecule has 0 bridgehead atoms. The Morgan fingerprint density at radius 3 is 1.59 bits per heavy atom. The third-order valence-electron chi connectivity index (χ3n) is 3.49. The smallest absolute Gasteiger partial charge is 0.335 e. The Bertz CT molecular complexity index is 907. The van der Waals surface area contributed by atoms with Crippen molar-refractivity contribution < 1.29 is 43.6 Å². The number of carbonyl (C=O) groups is 4. The van der Waals surface area contributed by atoms with Gasteiger partial charge in [0.2, 0.25) is 0 Å². The van der Waals surface area contributed by atoms with Gasteiger partial charge >= 0.3 is 5.97 Å². The first-order valence-corrected chi connectivity index (χ1v) is 8.57. The Morgan fingerprint density at radius 1 is 0.844 bits per heavy atom. The van der Waals surface area contributed by atoms with Crippen LogP contribution in [0.4, 0.5) is 11.4 Å². The first-order chi connectivity index (χ1) is 15.1. The normalized spacial score (nSPS) is 9.53. The SMILES string of the molecule is O=COCc1cc(C(=O)Cl)cc([N+](=O)[O-])c1.O=COCc1cc(C(=O)O)cc([N+](=O)[O-])c1. The summed E-state index contributed by atoms with van der Waals surface area (Å²) in [5, 5.41) is 28.9. The highest BCUT2D eigenvalue weighted by Crippen LogP contribution is 2.19. The number of carboxylic acid groups (broad SMARTS) is 1. The first kappa shape index (κ1) is 25.6. The molecule has 2 rings (SSSR count). The number of hydrogen-bond acceptors (Lipinski definition) is 10. The zero-order chi connectivity index (χ0) is 24.3. The molecule has 0 spiro atoms. The predicted molar refractivity (Wildman–Crippen MR) is 105 cm³/mol. The van der Waals surface area contributed by atoms with Crippen LogP contribution in [0.5, 0.6) is 0 Å². The number of ether oxygens (including phenoxy) is 2. The minimum atomic E-state index is -1.28. The molecule has 0 aromatic heterocycles. The van der Waals surface area contributed by atoms with Crippen molar-refractivity contribution >= 4 is 47.1 Å². The summed E-state index contributed by atoms with van der Waals surface area (Å²) in [5.74, 6) is -1.28. The van der Waals surface area contributed by atoms with Gasteiger partial charge in [-0.05, 0) is 34.9 Å². The van der Waals surface area contributed by atoms with Crippen LogP contribution >= 0.6 is 11.6 Å². The highest BCUT2D eigenvalue weighted by Gasteiger charge is 2.14. The van der Waals surface area contributed by atoms with Crippen LogP contribution < -0.4 is 0 Å². The van der Waals surface area contributed by atoms with Gasteiger partial charge in [0.1, 0.15) is 13.2 Å². The molecule has 2 aromatic rings. The number of non-ortho nitro benzene ring substituents is 2. The molecule has 32 heavy (non-hydrogen) atoms. The second-order valence-electron chi connectivity index (χ2n) is 5.68. The molecular formula is C18H13ClN2O11. The summed E-state index contributed by atoms with van der Waals surface area (Å²) in [6.45, 7) is 0.0358. The zero-order valence-corrected chi connectivity index (χ0v) is 16.6. The summed E-state index contributed by atoms with van der Waals surface area (Å²) >= 11 is 5.21. The second kappa shape index (κ2) is 12.3. The number of rotatable bonds is 10. The number of nitro groups is 2. The highest BCUT2D eigenvalue weighted by molar-refractivity contribution is 6.67. The van der Waals surface area contributed by atoms with Gasteiger partial charge in [0.15, 0.2) is 0 Å². The van der Waals surface area contributed by atoms with Crippen molar-refractivity contribution in [2.75, 3.05) is 0 Å². The van der Waals surface area contributed by atoms with E-state index in [-0.39, 0.29) is 54.2 Å². The van der Waals surface area contributed by atoms with E-state index in [0.29, 0.717) is 5.56 Å². The molecule has 0 aliphatic carbocycles. The third kappa shape index (κ3) is 8.16. The lowest BCUT2D eigenvalue weighted by atomic mass is 10.1. The molecular weight excluding hydrogens is 456 g/mol. The highest BCUT2D eigenvalue weighted by atomic mass is 35.5. The molecule has 13 nitrogen and oxygen atoms in total. The van der Waals surface area contributed by atoms with Gasteiger partial charge in [0, 0.05) is 29.8 Å². The molecule has 0 aliphatic rings. The Balaban J connectivity index is 0.000000320. The van der Waals surface area contributed by atoms with Crippen LogP contribution in [0.25, 0.3) is 0 Å². The largest absolute Gasteiger partial charge is 0.478 e. The van der Waals surface area contributed by atoms with Gasteiger partial charge in [-0.15, -0.1) is 0 Å². The van der Waals surface area contributed by atoms with E-state index in [2.05, 4.69) is 9.47 Å². The minimum Gasteiger partial charge on any atom is -0.478 e. The Kier molecular flexibility index (Phi) is 9.89. The molecule has 14 heteroatoms. The van der Waals surface area contributed by atoms with Crippen molar-refractivity contribution in [3.8, 4) is 0 Å². The number of nitrogens with zero attached hydrogens (tertiary/aromatic N) is 2. The van der Waals surface area contributed by atoms with E-state index < -0.39 is 21.1 Å². The molecule has 0 fully saturated rings. The van der Waals surface area contributed by atoms with E-state index in [1.54, 1.807) is 0 Å². The summed E-state index contributed by atoms with van der Waals surface area (Å²) in [5.41, 5.74) is -0.302. The maximum absolute atomic E-state index is 10.9. The molecule has 0 heterocycles. The summed E-state index contributed by atoms with van der Waals surface area (Å²) in [4.78, 5) is 61.1. The second-order valence-corrected chi connectivity index (χ2v) is 6.03. The summed E-state index contributed by atoms with van der Waals surface area (Å²) in [6.07, 6.45) is 0. The van der Waals surface area contributed by atoms with E-state index in [1.807, 2.05) is 0 Å². The van der Waals surface area contributed by atoms with Crippen LogP contribution in [0.15, 0.2) is 36.4 Å². The number of nitro benzene ring substituents is 2.